The molecule has 0 heterocycles. The van der Waals surface area contributed by atoms with Gasteiger partial charge in [0.05, 0.1) is 6.54 Å². The normalized spacial score (nSPS) is 11.6. The Hall–Kier alpha value is -0.860. The summed E-state index contributed by atoms with van der Waals surface area (Å²) in [4.78, 5) is 0. The standard InChI is InChI=1S/C13H27N3/c1-3-5-7-8-9-11-13-15-16-14-12-10-6-4-2/h10,12H,3-9,11,13H2,1-2H3,(H,14,15)/b12-10+. The van der Waals surface area contributed by atoms with Crippen molar-refractivity contribution in [1.29, 1.82) is 0 Å². The predicted octanol–water partition coefficient (Wildman–Crippen LogP) is 4.62. The SMILES string of the molecule is CCC/C=C/NN=NCCCCCCCC. The lowest BCUT2D eigenvalue weighted by Crippen LogP contribution is -1.91. The summed E-state index contributed by atoms with van der Waals surface area (Å²) in [6, 6.07) is 0. The van der Waals surface area contributed by atoms with Crippen molar-refractivity contribution in [3.05, 3.63) is 12.3 Å². The van der Waals surface area contributed by atoms with E-state index in [0.717, 1.165) is 19.4 Å². The molecule has 0 spiro atoms. The third kappa shape index (κ3) is 13.1. The minimum Gasteiger partial charge on any atom is -0.268 e. The molecule has 0 aliphatic carbocycles. The molecule has 0 rings (SSSR count). The molecule has 3 heteroatoms. The van der Waals surface area contributed by atoms with Gasteiger partial charge in [-0.2, -0.15) is 5.11 Å². The van der Waals surface area contributed by atoms with E-state index in [1.165, 1.54) is 38.5 Å². The zero-order chi connectivity index (χ0) is 11.9. The van der Waals surface area contributed by atoms with Crippen molar-refractivity contribution in [2.24, 2.45) is 10.3 Å². The van der Waals surface area contributed by atoms with Gasteiger partial charge >= 0.3 is 0 Å². The van der Waals surface area contributed by atoms with Crippen LogP contribution in [0.15, 0.2) is 22.6 Å². The van der Waals surface area contributed by atoms with Crippen LogP contribution in [0.25, 0.3) is 0 Å². The van der Waals surface area contributed by atoms with E-state index < -0.39 is 0 Å². The fraction of sp³-hybridized carbons (Fsp3) is 0.846. The van der Waals surface area contributed by atoms with Gasteiger partial charge in [0.1, 0.15) is 0 Å². The highest BCUT2D eigenvalue weighted by molar-refractivity contribution is 4.76. The Morgan fingerprint density at radius 1 is 0.938 bits per heavy atom. The van der Waals surface area contributed by atoms with Crippen molar-refractivity contribution in [2.45, 2.75) is 65.2 Å². The maximum atomic E-state index is 4.05. The van der Waals surface area contributed by atoms with E-state index in [2.05, 4.69) is 35.7 Å². The quantitative estimate of drug-likeness (QED) is 0.311. The maximum Gasteiger partial charge on any atom is 0.0620 e. The summed E-state index contributed by atoms with van der Waals surface area (Å²) in [6.07, 6.45) is 14.0. The minimum atomic E-state index is 0.848. The van der Waals surface area contributed by atoms with Crippen LogP contribution in [-0.2, 0) is 0 Å². The molecule has 16 heavy (non-hydrogen) atoms. The van der Waals surface area contributed by atoms with Crippen LogP contribution < -0.4 is 5.43 Å². The minimum absolute atomic E-state index is 0.848. The molecular formula is C13H27N3. The van der Waals surface area contributed by atoms with Gasteiger partial charge in [0, 0.05) is 6.20 Å². The van der Waals surface area contributed by atoms with Gasteiger partial charge < -0.3 is 0 Å². The third-order valence-electron chi connectivity index (χ3n) is 2.39. The van der Waals surface area contributed by atoms with E-state index in [1.807, 2.05) is 6.20 Å². The molecular weight excluding hydrogens is 198 g/mol. The average molecular weight is 225 g/mol. The molecule has 0 unspecified atom stereocenters. The summed E-state index contributed by atoms with van der Waals surface area (Å²) < 4.78 is 0. The van der Waals surface area contributed by atoms with Crippen LogP contribution in [0.1, 0.15) is 65.2 Å². The second-order valence-electron chi connectivity index (χ2n) is 4.05. The molecule has 0 aromatic rings. The molecule has 0 aliphatic heterocycles. The Balaban J connectivity index is 3.09. The predicted molar refractivity (Wildman–Crippen MR) is 70.3 cm³/mol. The molecule has 0 saturated carbocycles. The maximum absolute atomic E-state index is 4.05. The number of unbranched alkanes of at least 4 members (excludes halogenated alkanes) is 6. The summed E-state index contributed by atoms with van der Waals surface area (Å²) in [5.41, 5.74) is 2.81. The van der Waals surface area contributed by atoms with Gasteiger partial charge in [0.2, 0.25) is 0 Å². The summed E-state index contributed by atoms with van der Waals surface area (Å²) in [6.45, 7) is 5.25. The smallest absolute Gasteiger partial charge is 0.0620 e. The van der Waals surface area contributed by atoms with Gasteiger partial charge in [-0.15, -0.1) is 0 Å². The highest BCUT2D eigenvalue weighted by Gasteiger charge is 1.88. The molecule has 0 aromatic heterocycles. The average Bonchev–Trinajstić information content (AvgIpc) is 2.31. The van der Waals surface area contributed by atoms with Crippen molar-refractivity contribution in [2.75, 3.05) is 6.54 Å². The second kappa shape index (κ2) is 14.1. The topological polar surface area (TPSA) is 36.8 Å². The Morgan fingerprint density at radius 3 is 2.44 bits per heavy atom. The molecule has 0 aliphatic rings. The number of hydrogen-bond acceptors (Lipinski definition) is 2. The lowest BCUT2D eigenvalue weighted by Gasteiger charge is -1.96. The van der Waals surface area contributed by atoms with E-state index >= 15 is 0 Å². The molecule has 0 saturated heterocycles. The lowest BCUT2D eigenvalue weighted by atomic mass is 10.1. The van der Waals surface area contributed by atoms with Crippen LogP contribution in [0.2, 0.25) is 0 Å². The monoisotopic (exact) mass is 225 g/mol. The highest BCUT2D eigenvalue weighted by Crippen LogP contribution is 2.04. The number of nitrogens with one attached hydrogen (secondary N) is 1. The van der Waals surface area contributed by atoms with Gasteiger partial charge in [0.15, 0.2) is 0 Å². The van der Waals surface area contributed by atoms with Crippen molar-refractivity contribution in [1.82, 2.24) is 5.43 Å². The van der Waals surface area contributed by atoms with Crippen molar-refractivity contribution in [3.8, 4) is 0 Å². The zero-order valence-corrected chi connectivity index (χ0v) is 10.9. The Kier molecular flexibility index (Phi) is 13.4. The largest absolute Gasteiger partial charge is 0.268 e. The summed E-state index contributed by atoms with van der Waals surface area (Å²) in [5, 5.41) is 7.91. The van der Waals surface area contributed by atoms with Crippen LogP contribution in [0, 0.1) is 0 Å². The van der Waals surface area contributed by atoms with Crippen LogP contribution in [-0.4, -0.2) is 6.54 Å². The zero-order valence-electron chi connectivity index (χ0n) is 10.9. The number of hydrogen-bond donors (Lipinski definition) is 1. The van der Waals surface area contributed by atoms with Gasteiger partial charge in [-0.1, -0.05) is 63.7 Å². The third-order valence-corrected chi connectivity index (χ3v) is 2.39. The first-order chi connectivity index (χ1) is 7.91. The number of allylic oxidation sites excluding steroid dienone is 1. The van der Waals surface area contributed by atoms with E-state index in [4.69, 9.17) is 0 Å². The van der Waals surface area contributed by atoms with E-state index in [1.54, 1.807) is 0 Å². The fourth-order valence-corrected chi connectivity index (χ4v) is 1.39. The molecule has 0 radical (unpaired) electrons. The van der Waals surface area contributed by atoms with Gasteiger partial charge in [-0.25, -0.2) is 0 Å². The van der Waals surface area contributed by atoms with Crippen molar-refractivity contribution in [3.63, 3.8) is 0 Å². The van der Waals surface area contributed by atoms with Crippen molar-refractivity contribution >= 4 is 0 Å². The summed E-state index contributed by atoms with van der Waals surface area (Å²) in [5.74, 6) is 0. The Labute approximate surface area is 100 Å². The highest BCUT2D eigenvalue weighted by atomic mass is 15.4. The number of nitrogens with zero attached hydrogens (tertiary/aromatic N) is 2. The van der Waals surface area contributed by atoms with Crippen LogP contribution in [0.4, 0.5) is 0 Å². The Morgan fingerprint density at radius 2 is 1.69 bits per heavy atom. The Bertz CT molecular complexity index is 176. The van der Waals surface area contributed by atoms with Gasteiger partial charge in [-0.3, -0.25) is 5.43 Å². The summed E-state index contributed by atoms with van der Waals surface area (Å²) >= 11 is 0. The molecule has 94 valence electrons. The van der Waals surface area contributed by atoms with Gasteiger partial charge in [0.25, 0.3) is 0 Å². The fourth-order valence-electron chi connectivity index (χ4n) is 1.39. The first-order valence-electron chi connectivity index (χ1n) is 6.68. The number of rotatable bonds is 11. The van der Waals surface area contributed by atoms with E-state index in [9.17, 15) is 0 Å². The van der Waals surface area contributed by atoms with Crippen LogP contribution in [0.5, 0.6) is 0 Å². The van der Waals surface area contributed by atoms with E-state index in [0.29, 0.717) is 0 Å². The summed E-state index contributed by atoms with van der Waals surface area (Å²) in [7, 11) is 0. The van der Waals surface area contributed by atoms with E-state index in [-0.39, 0.29) is 0 Å². The van der Waals surface area contributed by atoms with Crippen LogP contribution >= 0.6 is 0 Å². The molecule has 0 bridgehead atoms. The molecule has 0 amide bonds. The molecule has 3 nitrogen and oxygen atoms in total. The first kappa shape index (κ1) is 15.1. The molecule has 0 atom stereocenters. The van der Waals surface area contributed by atoms with Crippen LogP contribution in [0.3, 0.4) is 0 Å². The molecule has 0 fully saturated rings. The second-order valence-corrected chi connectivity index (χ2v) is 4.05. The van der Waals surface area contributed by atoms with Gasteiger partial charge in [-0.05, 0) is 12.8 Å². The molecule has 0 aromatic carbocycles. The first-order valence-corrected chi connectivity index (χ1v) is 6.68. The molecule has 1 N–H and O–H groups in total. The van der Waals surface area contributed by atoms with Crippen molar-refractivity contribution < 1.29 is 0 Å². The lowest BCUT2D eigenvalue weighted by molar-refractivity contribution is 0.603.